The second-order valence-electron chi connectivity index (χ2n) is 9.69. The zero-order valence-corrected chi connectivity index (χ0v) is 24.3. The number of hydrogen-bond acceptors (Lipinski definition) is 4. The van der Waals surface area contributed by atoms with Crippen LogP contribution < -0.4 is 9.47 Å². The van der Waals surface area contributed by atoms with E-state index in [0.29, 0.717) is 11.1 Å². The summed E-state index contributed by atoms with van der Waals surface area (Å²) < 4.78 is 11.2. The molecule has 5 rings (SSSR count). The third kappa shape index (κ3) is 5.87. The van der Waals surface area contributed by atoms with Gasteiger partial charge >= 0.3 is 11.9 Å². The monoisotopic (exact) mass is 612 g/mol. The highest BCUT2D eigenvalue weighted by atomic mass is 35.5. The van der Waals surface area contributed by atoms with Crippen molar-refractivity contribution in [2.24, 2.45) is 0 Å². The Hall–Kier alpha value is -3.02. The Labute approximate surface area is 252 Å². The van der Waals surface area contributed by atoms with E-state index < -0.39 is 17.4 Å². The van der Waals surface area contributed by atoms with E-state index in [2.05, 4.69) is 0 Å². The Morgan fingerprint density at radius 3 is 1.25 bits per heavy atom. The topological polar surface area (TPSA) is 52.6 Å². The molecule has 0 amide bonds. The number of hydrogen-bond donors (Lipinski definition) is 0. The molecule has 0 saturated heterocycles. The molecule has 4 aromatic carbocycles. The molecule has 0 unspecified atom stereocenters. The summed E-state index contributed by atoms with van der Waals surface area (Å²) >= 11 is 26.7. The van der Waals surface area contributed by atoms with Crippen LogP contribution in [0.15, 0.2) is 84.9 Å². The van der Waals surface area contributed by atoms with Crippen molar-refractivity contribution < 1.29 is 19.1 Å². The van der Waals surface area contributed by atoms with Gasteiger partial charge in [-0.1, -0.05) is 102 Å². The first-order chi connectivity index (χ1) is 19.3. The summed E-state index contributed by atoms with van der Waals surface area (Å²) in [6.45, 7) is 0. The van der Waals surface area contributed by atoms with Gasteiger partial charge in [0.1, 0.15) is 0 Å². The van der Waals surface area contributed by atoms with E-state index in [1.807, 2.05) is 12.1 Å². The smallest absolute Gasteiger partial charge is 0.343 e. The number of esters is 2. The second kappa shape index (κ2) is 12.2. The highest BCUT2D eigenvalue weighted by Gasteiger charge is 2.38. The molecule has 8 heteroatoms. The van der Waals surface area contributed by atoms with Gasteiger partial charge in [-0.15, -0.1) is 0 Å². The Morgan fingerprint density at radius 2 is 0.900 bits per heavy atom. The van der Waals surface area contributed by atoms with Crippen LogP contribution in [0.5, 0.6) is 11.5 Å². The van der Waals surface area contributed by atoms with Crippen LogP contribution >= 0.6 is 46.4 Å². The van der Waals surface area contributed by atoms with E-state index in [1.165, 1.54) is 0 Å². The fraction of sp³-hybridized carbons (Fsp3) is 0.188. The van der Waals surface area contributed by atoms with Crippen molar-refractivity contribution in [3.05, 3.63) is 127 Å². The molecule has 1 aliphatic rings. The maximum absolute atomic E-state index is 12.7. The van der Waals surface area contributed by atoms with Crippen molar-refractivity contribution in [1.82, 2.24) is 0 Å². The van der Waals surface area contributed by atoms with Crippen molar-refractivity contribution in [2.45, 2.75) is 37.5 Å². The molecule has 4 nitrogen and oxygen atoms in total. The highest BCUT2D eigenvalue weighted by Crippen LogP contribution is 2.50. The normalized spacial score (nSPS) is 14.4. The summed E-state index contributed by atoms with van der Waals surface area (Å²) in [5, 5.41) is 0.898. The van der Waals surface area contributed by atoms with Gasteiger partial charge in [-0.2, -0.15) is 0 Å². The van der Waals surface area contributed by atoms with E-state index in [-0.39, 0.29) is 31.6 Å². The average Bonchev–Trinajstić information content (AvgIpc) is 2.97. The van der Waals surface area contributed by atoms with Crippen molar-refractivity contribution in [2.75, 3.05) is 0 Å². The van der Waals surface area contributed by atoms with E-state index in [1.54, 1.807) is 72.8 Å². The van der Waals surface area contributed by atoms with Crippen molar-refractivity contribution in [1.29, 1.82) is 0 Å². The van der Waals surface area contributed by atoms with Gasteiger partial charge in [-0.25, -0.2) is 9.59 Å². The molecule has 0 aliphatic heterocycles. The lowest BCUT2D eigenvalue weighted by molar-refractivity contribution is 0.0725. The summed E-state index contributed by atoms with van der Waals surface area (Å²) in [6.07, 6.45) is 4.64. The van der Waals surface area contributed by atoms with Crippen molar-refractivity contribution >= 4 is 58.3 Å². The van der Waals surface area contributed by atoms with Crippen LogP contribution in [0.4, 0.5) is 0 Å². The molecule has 1 fully saturated rings. The number of carbonyl (C=O) groups is 2. The highest BCUT2D eigenvalue weighted by molar-refractivity contribution is 6.38. The van der Waals surface area contributed by atoms with E-state index in [0.717, 1.165) is 43.2 Å². The molecular weight excluding hydrogens is 590 g/mol. The third-order valence-electron chi connectivity index (χ3n) is 7.22. The lowest BCUT2D eigenvalue weighted by atomic mass is 9.65. The molecule has 0 heterocycles. The lowest BCUT2D eigenvalue weighted by Gasteiger charge is -2.39. The van der Waals surface area contributed by atoms with Crippen LogP contribution in [0.25, 0.3) is 0 Å². The van der Waals surface area contributed by atoms with E-state index in [4.69, 9.17) is 55.9 Å². The van der Waals surface area contributed by atoms with Crippen LogP contribution in [-0.2, 0) is 5.41 Å². The Bertz CT molecular complexity index is 1390. The van der Waals surface area contributed by atoms with Gasteiger partial charge in [-0.3, -0.25) is 0 Å². The Morgan fingerprint density at radius 1 is 0.550 bits per heavy atom. The first kappa shape index (κ1) is 28.5. The number of rotatable bonds is 6. The summed E-state index contributed by atoms with van der Waals surface area (Å²) in [4.78, 5) is 25.3. The quantitative estimate of drug-likeness (QED) is 0.160. The maximum Gasteiger partial charge on any atom is 0.343 e. The minimum Gasteiger partial charge on any atom is -0.420 e. The summed E-state index contributed by atoms with van der Waals surface area (Å²) in [5.41, 5.74) is 2.01. The fourth-order valence-electron chi connectivity index (χ4n) is 5.22. The summed E-state index contributed by atoms with van der Waals surface area (Å²) in [5.74, 6) is -0.898. The zero-order chi connectivity index (χ0) is 28.3. The van der Waals surface area contributed by atoms with E-state index in [9.17, 15) is 9.59 Å². The van der Waals surface area contributed by atoms with Crippen molar-refractivity contribution in [3.63, 3.8) is 0 Å². The molecule has 0 bridgehead atoms. The molecule has 0 atom stereocenters. The standard InChI is InChI=1S/C32H24Cl4O4/c33-24-16-22(17-25(34)28(24)39-30(37)20-10-4-1-5-11-20)32(14-8-3-9-15-32)23-18-26(35)29(27(36)19-23)40-31(38)21-12-6-2-7-13-21/h1-2,4-7,10-13,16-19H,3,8-9,14-15H2. The van der Waals surface area contributed by atoms with Crippen LogP contribution in [-0.4, -0.2) is 11.9 Å². The van der Waals surface area contributed by atoms with Gasteiger partial charge < -0.3 is 9.47 Å². The third-order valence-corrected chi connectivity index (χ3v) is 8.34. The number of halogens is 4. The molecule has 40 heavy (non-hydrogen) atoms. The largest absolute Gasteiger partial charge is 0.420 e. The van der Waals surface area contributed by atoms with Crippen LogP contribution in [0, 0.1) is 0 Å². The Balaban J connectivity index is 1.49. The minimum absolute atomic E-state index is 0.103. The fourth-order valence-corrected chi connectivity index (χ4v) is 6.35. The predicted octanol–water partition coefficient (Wildman–Crippen LogP) is 9.99. The molecule has 204 valence electrons. The lowest BCUT2D eigenvalue weighted by Crippen LogP contribution is -2.30. The molecule has 0 aromatic heterocycles. The van der Waals surface area contributed by atoms with E-state index >= 15 is 0 Å². The van der Waals surface area contributed by atoms with Gasteiger partial charge in [0, 0.05) is 5.41 Å². The number of benzene rings is 4. The van der Waals surface area contributed by atoms with Crippen LogP contribution in [0.3, 0.4) is 0 Å². The molecule has 4 aromatic rings. The molecule has 0 N–H and O–H groups in total. The summed E-state index contributed by atoms with van der Waals surface area (Å²) in [7, 11) is 0. The van der Waals surface area contributed by atoms with Gasteiger partial charge in [0.2, 0.25) is 0 Å². The first-order valence-corrected chi connectivity index (χ1v) is 14.3. The summed E-state index contributed by atoms with van der Waals surface area (Å²) in [6, 6.07) is 24.4. The minimum atomic E-state index is -0.552. The molecule has 1 aliphatic carbocycles. The molecular formula is C32H24Cl4O4. The predicted molar refractivity (Wildman–Crippen MR) is 160 cm³/mol. The molecule has 0 spiro atoms. The van der Waals surface area contributed by atoms with Gasteiger partial charge in [0.05, 0.1) is 31.2 Å². The molecule has 0 radical (unpaired) electrons. The van der Waals surface area contributed by atoms with Crippen molar-refractivity contribution in [3.8, 4) is 11.5 Å². The number of carbonyl (C=O) groups excluding carboxylic acids is 2. The van der Waals surface area contributed by atoms with Gasteiger partial charge in [0.15, 0.2) is 11.5 Å². The SMILES string of the molecule is O=C(Oc1c(Cl)cc(C2(c3cc(Cl)c(OC(=O)c4ccccc4)c(Cl)c3)CCCCC2)cc1Cl)c1ccccc1. The maximum atomic E-state index is 12.7. The Kier molecular flexibility index (Phi) is 8.72. The second-order valence-corrected chi connectivity index (χ2v) is 11.3. The van der Waals surface area contributed by atoms with Gasteiger partial charge in [0.25, 0.3) is 0 Å². The van der Waals surface area contributed by atoms with Crippen LogP contribution in [0.2, 0.25) is 20.1 Å². The zero-order valence-electron chi connectivity index (χ0n) is 21.3. The van der Waals surface area contributed by atoms with Crippen LogP contribution in [0.1, 0.15) is 63.9 Å². The first-order valence-electron chi connectivity index (χ1n) is 12.8. The average molecular weight is 614 g/mol. The molecule has 1 saturated carbocycles. The number of ether oxygens (including phenoxy) is 2. The van der Waals surface area contributed by atoms with Gasteiger partial charge in [-0.05, 0) is 72.5 Å².